The summed E-state index contributed by atoms with van der Waals surface area (Å²) in [4.78, 5) is 2.97. The first-order chi connectivity index (χ1) is 8.05. The van der Waals surface area contributed by atoms with E-state index in [1.165, 1.54) is 34.1 Å². The van der Waals surface area contributed by atoms with Crippen LogP contribution in [0.25, 0.3) is 0 Å². The van der Waals surface area contributed by atoms with Crippen LogP contribution in [0.5, 0.6) is 0 Å². The molecule has 96 valence electrons. The predicted octanol–water partition coefficient (Wildman–Crippen LogP) is 4.03. The van der Waals surface area contributed by atoms with Gasteiger partial charge in [-0.15, -0.1) is 11.3 Å². The highest BCUT2D eigenvalue weighted by molar-refractivity contribution is 7.99. The number of nitrogens with one attached hydrogen (secondary N) is 1. The van der Waals surface area contributed by atoms with Gasteiger partial charge in [0, 0.05) is 28.1 Å². The summed E-state index contributed by atoms with van der Waals surface area (Å²) in [7, 11) is 0. The summed E-state index contributed by atoms with van der Waals surface area (Å²) in [5, 5.41) is 3.69. The Labute approximate surface area is 113 Å². The zero-order chi connectivity index (χ0) is 12.3. The second-order valence-corrected chi connectivity index (χ2v) is 8.13. The number of hydrogen-bond acceptors (Lipinski definition) is 3. The lowest BCUT2D eigenvalue weighted by Gasteiger charge is -2.22. The van der Waals surface area contributed by atoms with Crippen molar-refractivity contribution < 1.29 is 0 Å². The first-order valence-corrected chi connectivity index (χ1v) is 8.43. The third kappa shape index (κ3) is 4.01. The molecule has 2 rings (SSSR count). The van der Waals surface area contributed by atoms with Gasteiger partial charge in [0.2, 0.25) is 0 Å². The van der Waals surface area contributed by atoms with E-state index in [0.717, 1.165) is 12.6 Å². The lowest BCUT2D eigenvalue weighted by Crippen LogP contribution is -2.32. The molecular formula is C14H23NS2. The van der Waals surface area contributed by atoms with E-state index in [1.54, 1.807) is 0 Å². The summed E-state index contributed by atoms with van der Waals surface area (Å²) >= 11 is 4.05. The standard InChI is InChI=1S/C14H23NS2/c1-14(2,3)13-7-6-12(17-13)9-15-11-5-4-8-16-10-11/h6-7,11,15H,4-5,8-10H2,1-3H3. The van der Waals surface area contributed by atoms with E-state index in [4.69, 9.17) is 0 Å². The molecule has 0 amide bonds. The first kappa shape index (κ1) is 13.4. The average molecular weight is 269 g/mol. The molecular weight excluding hydrogens is 246 g/mol. The topological polar surface area (TPSA) is 12.0 Å². The van der Waals surface area contributed by atoms with Crippen LogP contribution in [0.2, 0.25) is 0 Å². The maximum absolute atomic E-state index is 3.69. The van der Waals surface area contributed by atoms with Crippen LogP contribution in [0, 0.1) is 0 Å². The molecule has 0 spiro atoms. The van der Waals surface area contributed by atoms with Crippen LogP contribution in [0.3, 0.4) is 0 Å². The van der Waals surface area contributed by atoms with Gasteiger partial charge in [0.15, 0.2) is 0 Å². The van der Waals surface area contributed by atoms with Crippen LogP contribution < -0.4 is 5.32 Å². The van der Waals surface area contributed by atoms with E-state index in [1.807, 2.05) is 11.3 Å². The summed E-state index contributed by atoms with van der Waals surface area (Å²) in [6, 6.07) is 5.31. The Balaban J connectivity index is 1.84. The number of thioether (sulfide) groups is 1. The molecule has 2 heterocycles. The molecule has 0 radical (unpaired) electrons. The Kier molecular flexibility index (Phi) is 4.56. The van der Waals surface area contributed by atoms with Crippen molar-refractivity contribution in [2.45, 2.75) is 51.6 Å². The minimum absolute atomic E-state index is 0.295. The van der Waals surface area contributed by atoms with Crippen molar-refractivity contribution in [1.29, 1.82) is 0 Å². The Morgan fingerprint density at radius 3 is 2.76 bits per heavy atom. The monoisotopic (exact) mass is 269 g/mol. The van der Waals surface area contributed by atoms with Gasteiger partial charge in [-0.2, -0.15) is 11.8 Å². The van der Waals surface area contributed by atoms with Crippen LogP contribution in [-0.2, 0) is 12.0 Å². The third-order valence-corrected chi connectivity index (χ3v) is 5.85. The summed E-state index contributed by atoms with van der Waals surface area (Å²) in [5.74, 6) is 2.64. The lowest BCUT2D eigenvalue weighted by molar-refractivity contribution is 0.510. The fraction of sp³-hybridized carbons (Fsp3) is 0.714. The fourth-order valence-corrected chi connectivity index (χ4v) is 4.15. The number of thiophene rings is 1. The van der Waals surface area contributed by atoms with Crippen LogP contribution >= 0.6 is 23.1 Å². The van der Waals surface area contributed by atoms with Crippen LogP contribution in [-0.4, -0.2) is 17.5 Å². The van der Waals surface area contributed by atoms with Gasteiger partial charge in [0.05, 0.1) is 0 Å². The Morgan fingerprint density at radius 2 is 2.18 bits per heavy atom. The van der Waals surface area contributed by atoms with Crippen molar-refractivity contribution in [3.63, 3.8) is 0 Å². The quantitative estimate of drug-likeness (QED) is 0.889. The van der Waals surface area contributed by atoms with Gasteiger partial charge in [-0.1, -0.05) is 20.8 Å². The minimum atomic E-state index is 0.295. The number of rotatable bonds is 3. The Hall–Kier alpha value is 0.01000. The van der Waals surface area contributed by atoms with Crippen molar-refractivity contribution in [2.75, 3.05) is 11.5 Å². The SMILES string of the molecule is CC(C)(C)c1ccc(CNC2CCCSC2)s1. The Morgan fingerprint density at radius 1 is 1.35 bits per heavy atom. The average Bonchev–Trinajstić information content (AvgIpc) is 2.76. The van der Waals surface area contributed by atoms with E-state index < -0.39 is 0 Å². The molecule has 1 unspecified atom stereocenters. The largest absolute Gasteiger partial charge is 0.308 e. The first-order valence-electron chi connectivity index (χ1n) is 6.46. The van der Waals surface area contributed by atoms with Crippen molar-refractivity contribution in [2.24, 2.45) is 0 Å². The summed E-state index contributed by atoms with van der Waals surface area (Å²) in [6.07, 6.45) is 2.73. The molecule has 1 fully saturated rings. The molecule has 1 aliphatic heterocycles. The molecule has 17 heavy (non-hydrogen) atoms. The molecule has 1 atom stereocenters. The molecule has 1 saturated heterocycles. The second-order valence-electron chi connectivity index (χ2n) is 5.81. The van der Waals surface area contributed by atoms with Gasteiger partial charge in [0.25, 0.3) is 0 Å². The van der Waals surface area contributed by atoms with Gasteiger partial charge >= 0.3 is 0 Å². The molecule has 0 aliphatic carbocycles. The van der Waals surface area contributed by atoms with Gasteiger partial charge in [0.1, 0.15) is 0 Å². The molecule has 0 bridgehead atoms. The fourth-order valence-electron chi connectivity index (χ4n) is 2.02. The van der Waals surface area contributed by atoms with Crippen molar-refractivity contribution in [1.82, 2.24) is 5.32 Å². The molecule has 1 aromatic rings. The maximum Gasteiger partial charge on any atom is 0.0302 e. The smallest absolute Gasteiger partial charge is 0.0302 e. The van der Waals surface area contributed by atoms with Gasteiger partial charge in [-0.3, -0.25) is 0 Å². The minimum Gasteiger partial charge on any atom is -0.308 e. The molecule has 0 saturated carbocycles. The summed E-state index contributed by atoms with van der Waals surface area (Å²) in [5.41, 5.74) is 0.295. The Bertz CT molecular complexity index is 345. The molecule has 0 aromatic carbocycles. The summed E-state index contributed by atoms with van der Waals surface area (Å²) < 4.78 is 0. The molecule has 1 aliphatic rings. The van der Waals surface area contributed by atoms with E-state index >= 15 is 0 Å². The van der Waals surface area contributed by atoms with Crippen LogP contribution in [0.15, 0.2) is 12.1 Å². The van der Waals surface area contributed by atoms with E-state index in [2.05, 4.69) is 50.0 Å². The van der Waals surface area contributed by atoms with Crippen molar-refractivity contribution >= 4 is 23.1 Å². The zero-order valence-electron chi connectivity index (χ0n) is 11.1. The van der Waals surface area contributed by atoms with E-state index in [0.29, 0.717) is 5.41 Å². The van der Waals surface area contributed by atoms with E-state index in [-0.39, 0.29) is 0 Å². The van der Waals surface area contributed by atoms with Crippen molar-refractivity contribution in [3.8, 4) is 0 Å². The highest BCUT2D eigenvalue weighted by Crippen LogP contribution is 2.29. The number of hydrogen-bond donors (Lipinski definition) is 1. The molecule has 1 aromatic heterocycles. The van der Waals surface area contributed by atoms with Gasteiger partial charge in [-0.25, -0.2) is 0 Å². The predicted molar refractivity (Wildman–Crippen MR) is 80.2 cm³/mol. The lowest BCUT2D eigenvalue weighted by atomic mass is 9.95. The van der Waals surface area contributed by atoms with Gasteiger partial charge in [-0.05, 0) is 36.1 Å². The summed E-state index contributed by atoms with van der Waals surface area (Å²) in [6.45, 7) is 7.90. The highest BCUT2D eigenvalue weighted by Gasteiger charge is 2.17. The van der Waals surface area contributed by atoms with Crippen molar-refractivity contribution in [3.05, 3.63) is 21.9 Å². The third-order valence-electron chi connectivity index (χ3n) is 3.13. The highest BCUT2D eigenvalue weighted by atomic mass is 32.2. The van der Waals surface area contributed by atoms with Crippen LogP contribution in [0.4, 0.5) is 0 Å². The maximum atomic E-state index is 3.69. The molecule has 1 N–H and O–H groups in total. The second kappa shape index (κ2) is 5.77. The van der Waals surface area contributed by atoms with E-state index in [9.17, 15) is 0 Å². The van der Waals surface area contributed by atoms with Gasteiger partial charge < -0.3 is 5.32 Å². The zero-order valence-corrected chi connectivity index (χ0v) is 12.7. The normalized spacial score (nSPS) is 21.7. The molecule has 3 heteroatoms. The molecule has 1 nitrogen and oxygen atoms in total. The van der Waals surface area contributed by atoms with Crippen LogP contribution in [0.1, 0.15) is 43.4 Å².